The van der Waals surface area contributed by atoms with Crippen molar-refractivity contribution in [3.8, 4) is 22.3 Å². The highest BCUT2D eigenvalue weighted by Crippen LogP contribution is 2.39. The molecular formula is C31H31F5O2. The zero-order valence-electron chi connectivity index (χ0n) is 21.3. The van der Waals surface area contributed by atoms with Crippen molar-refractivity contribution in [2.75, 3.05) is 0 Å². The van der Waals surface area contributed by atoms with E-state index in [0.717, 1.165) is 30.4 Å². The number of halogens is 5. The Morgan fingerprint density at radius 2 is 1.37 bits per heavy atom. The van der Waals surface area contributed by atoms with Crippen molar-refractivity contribution in [2.24, 2.45) is 11.8 Å². The van der Waals surface area contributed by atoms with Gasteiger partial charge in [-0.05, 0) is 65.1 Å². The van der Waals surface area contributed by atoms with Crippen LogP contribution in [0.25, 0.3) is 22.3 Å². The van der Waals surface area contributed by atoms with Crippen molar-refractivity contribution in [2.45, 2.75) is 64.7 Å². The molecule has 1 N–H and O–H groups in total. The maximum atomic E-state index is 15.3. The van der Waals surface area contributed by atoms with Gasteiger partial charge in [0.15, 0.2) is 17.5 Å². The van der Waals surface area contributed by atoms with Crippen LogP contribution >= 0.6 is 0 Å². The normalized spacial score (nSPS) is 17.5. The Kier molecular flexibility index (Phi) is 8.85. The van der Waals surface area contributed by atoms with Gasteiger partial charge in [0.25, 0.3) is 0 Å². The molecule has 3 aromatic carbocycles. The van der Waals surface area contributed by atoms with Gasteiger partial charge in [0, 0.05) is 5.56 Å². The largest absolute Gasteiger partial charge is 0.477 e. The van der Waals surface area contributed by atoms with Gasteiger partial charge < -0.3 is 5.11 Å². The molecule has 1 aliphatic rings. The molecule has 3 aromatic rings. The average molecular weight is 531 g/mol. The molecule has 0 aromatic heterocycles. The molecule has 4 rings (SSSR count). The SMILES string of the molecule is CCCC[C@H]1CC[C@H](CCc2ccc(-c3cc(F)c(C(=O)O)c(F)c3-c3cc(F)c(F)c(F)c3)cc2)CC1. The van der Waals surface area contributed by atoms with Gasteiger partial charge in [-0.25, -0.2) is 26.7 Å². The molecule has 0 bridgehead atoms. The van der Waals surface area contributed by atoms with Crippen LogP contribution < -0.4 is 0 Å². The standard InChI is InChI=1S/C31H31F5O2/c1-2-3-4-18-5-7-19(8-6-18)9-10-20-11-13-21(14-12-20)23-17-24(32)28(31(37)38)30(36)27(23)22-15-25(33)29(35)26(34)16-22/h11-19H,2-10H2,1H3,(H,37,38)/t18-,19-. The van der Waals surface area contributed by atoms with Gasteiger partial charge in [0.1, 0.15) is 17.2 Å². The molecule has 7 heteroatoms. The van der Waals surface area contributed by atoms with Crippen LogP contribution in [0.1, 0.15) is 74.2 Å². The fourth-order valence-corrected chi connectivity index (χ4v) is 5.55. The number of aryl methyl sites for hydroxylation is 1. The van der Waals surface area contributed by atoms with E-state index in [4.69, 9.17) is 0 Å². The van der Waals surface area contributed by atoms with Crippen molar-refractivity contribution >= 4 is 5.97 Å². The second-order valence-corrected chi connectivity index (χ2v) is 10.3. The van der Waals surface area contributed by atoms with Gasteiger partial charge in [0.05, 0.1) is 0 Å². The predicted molar refractivity (Wildman–Crippen MR) is 137 cm³/mol. The molecule has 0 aliphatic heterocycles. The summed E-state index contributed by atoms with van der Waals surface area (Å²) in [4.78, 5) is 11.5. The van der Waals surface area contributed by atoms with Gasteiger partial charge in [-0.2, -0.15) is 0 Å². The van der Waals surface area contributed by atoms with Gasteiger partial charge in [-0.15, -0.1) is 0 Å². The summed E-state index contributed by atoms with van der Waals surface area (Å²) in [5.74, 6) is -8.04. The van der Waals surface area contributed by atoms with Crippen molar-refractivity contribution in [1.29, 1.82) is 0 Å². The summed E-state index contributed by atoms with van der Waals surface area (Å²) in [6.07, 6.45) is 10.8. The predicted octanol–water partition coefficient (Wildman–Crippen LogP) is 9.34. The van der Waals surface area contributed by atoms with Crippen LogP contribution in [-0.4, -0.2) is 11.1 Å². The lowest BCUT2D eigenvalue weighted by Crippen LogP contribution is -2.15. The Morgan fingerprint density at radius 3 is 1.92 bits per heavy atom. The molecule has 1 fully saturated rings. The number of hydrogen-bond donors (Lipinski definition) is 1. The first-order valence-corrected chi connectivity index (χ1v) is 13.2. The summed E-state index contributed by atoms with van der Waals surface area (Å²) >= 11 is 0. The number of aromatic carboxylic acids is 1. The van der Waals surface area contributed by atoms with Gasteiger partial charge >= 0.3 is 5.97 Å². The minimum Gasteiger partial charge on any atom is -0.477 e. The molecule has 0 radical (unpaired) electrons. The maximum Gasteiger partial charge on any atom is 0.341 e. The van der Waals surface area contributed by atoms with Crippen LogP contribution in [0.4, 0.5) is 22.0 Å². The van der Waals surface area contributed by atoms with Gasteiger partial charge in [0.2, 0.25) is 0 Å². The number of rotatable bonds is 9. The maximum absolute atomic E-state index is 15.3. The van der Waals surface area contributed by atoms with Crippen LogP contribution in [0, 0.1) is 40.9 Å². The third-order valence-corrected chi connectivity index (χ3v) is 7.74. The van der Waals surface area contributed by atoms with E-state index < -0.39 is 51.7 Å². The van der Waals surface area contributed by atoms with E-state index in [2.05, 4.69) is 6.92 Å². The van der Waals surface area contributed by atoms with E-state index in [9.17, 15) is 27.5 Å². The lowest BCUT2D eigenvalue weighted by molar-refractivity contribution is 0.0686. The minimum absolute atomic E-state index is 0.0904. The second kappa shape index (κ2) is 12.1. The number of carboxylic acid groups (broad SMARTS) is 1. The molecular weight excluding hydrogens is 499 g/mol. The first-order valence-electron chi connectivity index (χ1n) is 13.2. The Bertz CT molecular complexity index is 1270. The lowest BCUT2D eigenvalue weighted by Gasteiger charge is -2.28. The zero-order chi connectivity index (χ0) is 27.4. The molecule has 0 heterocycles. The van der Waals surface area contributed by atoms with Crippen LogP contribution in [-0.2, 0) is 6.42 Å². The van der Waals surface area contributed by atoms with Crippen LogP contribution in [0.2, 0.25) is 0 Å². The molecule has 2 nitrogen and oxygen atoms in total. The summed E-state index contributed by atoms with van der Waals surface area (Å²) in [6.45, 7) is 2.22. The van der Waals surface area contributed by atoms with Crippen LogP contribution in [0.15, 0.2) is 42.5 Å². The molecule has 202 valence electrons. The van der Waals surface area contributed by atoms with E-state index >= 15 is 4.39 Å². The number of carboxylic acids is 1. The van der Waals surface area contributed by atoms with Crippen molar-refractivity contribution in [1.82, 2.24) is 0 Å². The summed E-state index contributed by atoms with van der Waals surface area (Å²) in [6, 6.07) is 8.91. The molecule has 0 spiro atoms. The number of carbonyl (C=O) groups is 1. The molecule has 0 unspecified atom stereocenters. The summed E-state index contributed by atoms with van der Waals surface area (Å²) in [7, 11) is 0. The Balaban J connectivity index is 1.58. The van der Waals surface area contributed by atoms with E-state index in [1.165, 1.54) is 44.9 Å². The highest BCUT2D eigenvalue weighted by atomic mass is 19.2. The molecule has 1 saturated carbocycles. The van der Waals surface area contributed by atoms with Gasteiger partial charge in [-0.3, -0.25) is 0 Å². The third-order valence-electron chi connectivity index (χ3n) is 7.74. The fourth-order valence-electron chi connectivity index (χ4n) is 5.55. The Hall–Kier alpha value is -3.22. The van der Waals surface area contributed by atoms with E-state index in [1.807, 2.05) is 12.1 Å². The fraction of sp³-hybridized carbons (Fsp3) is 0.387. The van der Waals surface area contributed by atoms with Crippen molar-refractivity contribution < 1.29 is 31.9 Å². The summed E-state index contributed by atoms with van der Waals surface area (Å²) in [5.41, 5.74) is -0.920. The lowest BCUT2D eigenvalue weighted by atomic mass is 9.78. The smallest absolute Gasteiger partial charge is 0.341 e. The number of benzene rings is 3. The number of hydrogen-bond acceptors (Lipinski definition) is 1. The highest BCUT2D eigenvalue weighted by molar-refractivity contribution is 5.94. The molecule has 0 amide bonds. The summed E-state index contributed by atoms with van der Waals surface area (Å²) < 4.78 is 71.4. The molecule has 38 heavy (non-hydrogen) atoms. The average Bonchev–Trinajstić information content (AvgIpc) is 2.89. The quantitative estimate of drug-likeness (QED) is 0.221. The molecule has 0 atom stereocenters. The van der Waals surface area contributed by atoms with Crippen LogP contribution in [0.3, 0.4) is 0 Å². The number of unbranched alkanes of at least 4 members (excludes halogenated alkanes) is 1. The summed E-state index contributed by atoms with van der Waals surface area (Å²) in [5, 5.41) is 9.30. The van der Waals surface area contributed by atoms with E-state index in [1.54, 1.807) is 12.1 Å². The second-order valence-electron chi connectivity index (χ2n) is 10.3. The highest BCUT2D eigenvalue weighted by Gasteiger charge is 2.26. The molecule has 0 saturated heterocycles. The Morgan fingerprint density at radius 1 is 0.789 bits per heavy atom. The van der Waals surface area contributed by atoms with E-state index in [0.29, 0.717) is 23.6 Å². The molecule has 1 aliphatic carbocycles. The van der Waals surface area contributed by atoms with Crippen molar-refractivity contribution in [3.63, 3.8) is 0 Å². The topological polar surface area (TPSA) is 37.3 Å². The third kappa shape index (κ3) is 6.08. The first-order chi connectivity index (χ1) is 18.2. The van der Waals surface area contributed by atoms with Crippen LogP contribution in [0.5, 0.6) is 0 Å². The van der Waals surface area contributed by atoms with E-state index in [-0.39, 0.29) is 5.56 Å². The van der Waals surface area contributed by atoms with Gasteiger partial charge in [-0.1, -0.05) is 76.1 Å². The monoisotopic (exact) mass is 530 g/mol. The zero-order valence-corrected chi connectivity index (χ0v) is 21.3. The van der Waals surface area contributed by atoms with Crippen molar-refractivity contribution in [3.05, 3.63) is 82.7 Å². The minimum atomic E-state index is -1.87. The Labute approximate surface area is 219 Å². The first kappa shape index (κ1) is 27.8.